The lowest BCUT2D eigenvalue weighted by Crippen LogP contribution is -2.41. The monoisotopic (exact) mass is 358 g/mol. The molecule has 0 radical (unpaired) electrons. The minimum Gasteiger partial charge on any atom is -0.400 e. The Balaban J connectivity index is 2.62. The number of rotatable bonds is 9. The second-order valence-corrected chi connectivity index (χ2v) is 14.7. The highest BCUT2D eigenvalue weighted by atomic mass is 35.6. The summed E-state index contributed by atoms with van der Waals surface area (Å²) >= 11 is 6.74. The zero-order valence-electron chi connectivity index (χ0n) is 16.3. The summed E-state index contributed by atoms with van der Waals surface area (Å²) in [5, 5.41) is 1.37. The molecule has 5 heteroatoms. The molecule has 1 aliphatic heterocycles. The van der Waals surface area contributed by atoms with E-state index in [1.54, 1.807) is 0 Å². The first kappa shape index (κ1) is 21.3. The van der Waals surface area contributed by atoms with Crippen molar-refractivity contribution in [3.05, 3.63) is 11.2 Å². The van der Waals surface area contributed by atoms with Gasteiger partial charge in [-0.15, -0.1) is 0 Å². The molecule has 0 saturated carbocycles. The van der Waals surface area contributed by atoms with Gasteiger partial charge < -0.3 is 9.31 Å². The van der Waals surface area contributed by atoms with Gasteiger partial charge in [0.05, 0.1) is 11.2 Å². The van der Waals surface area contributed by atoms with Gasteiger partial charge in [-0.3, -0.25) is 0 Å². The molecule has 0 aromatic carbocycles. The van der Waals surface area contributed by atoms with E-state index in [9.17, 15) is 0 Å². The predicted octanol–water partition coefficient (Wildman–Crippen LogP) is 6.28. The first-order valence-electron chi connectivity index (χ1n) is 9.25. The highest BCUT2D eigenvalue weighted by Crippen LogP contribution is 2.38. The molecule has 0 bridgehead atoms. The van der Waals surface area contributed by atoms with Gasteiger partial charge in [-0.1, -0.05) is 63.3 Å². The average molecular weight is 359 g/mol. The van der Waals surface area contributed by atoms with Gasteiger partial charge in [0.25, 0.3) is 0 Å². The maximum absolute atomic E-state index is 6.74. The van der Waals surface area contributed by atoms with E-state index < -0.39 is 7.38 Å². The van der Waals surface area contributed by atoms with Crippen molar-refractivity contribution < 1.29 is 9.31 Å². The van der Waals surface area contributed by atoms with E-state index in [1.165, 1.54) is 43.7 Å². The van der Waals surface area contributed by atoms with Crippen LogP contribution in [0.4, 0.5) is 0 Å². The zero-order chi connectivity index (χ0) is 17.7. The Morgan fingerprint density at radius 2 is 1.43 bits per heavy atom. The van der Waals surface area contributed by atoms with Crippen LogP contribution in [0, 0.1) is 0 Å². The quantitative estimate of drug-likeness (QED) is 0.274. The molecule has 0 spiro atoms. The van der Waals surface area contributed by atoms with Crippen molar-refractivity contribution in [3.63, 3.8) is 0 Å². The summed E-state index contributed by atoms with van der Waals surface area (Å²) in [5.74, 6) is 2.17. The Labute approximate surface area is 150 Å². The van der Waals surface area contributed by atoms with Crippen LogP contribution >= 0.6 is 11.1 Å². The van der Waals surface area contributed by atoms with Crippen molar-refractivity contribution in [2.75, 3.05) is 0 Å². The molecule has 23 heavy (non-hydrogen) atoms. The summed E-state index contributed by atoms with van der Waals surface area (Å²) in [5.41, 5.74) is -0.561. The lowest BCUT2D eigenvalue weighted by molar-refractivity contribution is 0.00578. The van der Waals surface area contributed by atoms with Crippen LogP contribution in [0.25, 0.3) is 0 Å². The molecule has 0 aromatic rings. The summed E-state index contributed by atoms with van der Waals surface area (Å²) in [7, 11) is -2.11. The van der Waals surface area contributed by atoms with Crippen molar-refractivity contribution in [2.24, 2.45) is 0 Å². The van der Waals surface area contributed by atoms with Crippen molar-refractivity contribution in [3.8, 4) is 0 Å². The Hall–Kier alpha value is 0.232. The predicted molar refractivity (Wildman–Crippen MR) is 105 cm³/mol. The molecule has 0 aromatic heterocycles. The highest BCUT2D eigenvalue weighted by molar-refractivity contribution is 7.23. The number of hydrogen-bond donors (Lipinski definition) is 0. The summed E-state index contributed by atoms with van der Waals surface area (Å²) in [6, 6.07) is 0. The van der Waals surface area contributed by atoms with E-state index in [0.717, 1.165) is 6.42 Å². The maximum atomic E-state index is 6.74. The Morgan fingerprint density at radius 3 is 1.91 bits per heavy atom. The van der Waals surface area contributed by atoms with Gasteiger partial charge in [0.1, 0.15) is 0 Å². The first-order valence-corrected chi connectivity index (χ1v) is 13.3. The highest BCUT2D eigenvalue weighted by Gasteiger charge is 2.50. The molecule has 0 atom stereocenters. The third kappa shape index (κ3) is 6.56. The Bertz CT molecular complexity index is 386. The Morgan fingerprint density at radius 1 is 0.957 bits per heavy atom. The van der Waals surface area contributed by atoms with E-state index in [4.69, 9.17) is 20.4 Å². The molecule has 2 nitrogen and oxygen atoms in total. The average Bonchev–Trinajstić information content (AvgIpc) is 2.59. The van der Waals surface area contributed by atoms with Crippen LogP contribution in [-0.4, -0.2) is 25.7 Å². The lowest BCUT2D eigenvalue weighted by Gasteiger charge is -2.32. The van der Waals surface area contributed by atoms with Crippen molar-refractivity contribution in [1.29, 1.82) is 0 Å². The second kappa shape index (κ2) is 8.55. The first-order chi connectivity index (χ1) is 10.5. The molecular formula is C18H36BClO2Si. The third-order valence-electron chi connectivity index (χ3n) is 5.17. The number of allylic oxidation sites excluding steroid dienone is 1. The lowest BCUT2D eigenvalue weighted by atomic mass is 9.89. The van der Waals surface area contributed by atoms with Gasteiger partial charge >= 0.3 is 7.12 Å². The van der Waals surface area contributed by atoms with Crippen molar-refractivity contribution >= 4 is 25.6 Å². The molecular weight excluding hydrogens is 323 g/mol. The summed E-state index contributed by atoms with van der Waals surface area (Å²) in [6.07, 6.45) is 8.94. The Kier molecular flexibility index (Phi) is 7.91. The van der Waals surface area contributed by atoms with Crippen molar-refractivity contribution in [2.45, 2.75) is 104 Å². The van der Waals surface area contributed by atoms with Gasteiger partial charge in [0.2, 0.25) is 0 Å². The topological polar surface area (TPSA) is 18.5 Å². The van der Waals surface area contributed by atoms with Gasteiger partial charge in [-0.05, 0) is 40.5 Å². The van der Waals surface area contributed by atoms with Crippen LogP contribution in [0.5, 0.6) is 0 Å². The maximum Gasteiger partial charge on any atom is 0.486 e. The van der Waals surface area contributed by atoms with Gasteiger partial charge in [-0.2, -0.15) is 11.1 Å². The standard InChI is InChI=1S/C18H36BClO2Si/c1-8-9-10-11-12-13-14-16(23(6,7)20)15-19-21-17(2,3)18(4,5)22-19/h15H,8-14H2,1-7H3/b16-15+. The van der Waals surface area contributed by atoms with Gasteiger partial charge in [0.15, 0.2) is 7.38 Å². The van der Waals surface area contributed by atoms with Crippen LogP contribution in [-0.2, 0) is 9.31 Å². The van der Waals surface area contributed by atoms with Gasteiger partial charge in [-0.25, -0.2) is 0 Å². The molecule has 134 valence electrons. The SMILES string of the molecule is CCCCCCCC/C(=C\B1OC(C)(C)C(C)(C)O1)[Si](C)(C)Cl. The van der Waals surface area contributed by atoms with Crippen LogP contribution in [0.15, 0.2) is 11.2 Å². The fraction of sp³-hybridized carbons (Fsp3) is 0.889. The van der Waals surface area contributed by atoms with Crippen LogP contribution < -0.4 is 0 Å². The fourth-order valence-electron chi connectivity index (χ4n) is 2.80. The number of halogens is 1. The third-order valence-corrected chi connectivity index (χ3v) is 7.84. The minimum atomic E-state index is -1.85. The zero-order valence-corrected chi connectivity index (χ0v) is 18.1. The summed E-state index contributed by atoms with van der Waals surface area (Å²) in [6.45, 7) is 15.0. The van der Waals surface area contributed by atoms with Crippen molar-refractivity contribution in [1.82, 2.24) is 0 Å². The minimum absolute atomic E-state index is 0.263. The fourth-order valence-corrected chi connectivity index (χ4v) is 4.57. The molecule has 1 saturated heterocycles. The van der Waals surface area contributed by atoms with Crippen LogP contribution in [0.3, 0.4) is 0 Å². The van der Waals surface area contributed by atoms with Crippen LogP contribution in [0.1, 0.15) is 79.6 Å². The van der Waals surface area contributed by atoms with Crippen LogP contribution in [0.2, 0.25) is 13.1 Å². The van der Waals surface area contributed by atoms with E-state index in [1.807, 2.05) is 0 Å². The van der Waals surface area contributed by atoms with E-state index in [0.29, 0.717) is 0 Å². The molecule has 0 aliphatic carbocycles. The normalized spacial score (nSPS) is 21.0. The summed E-state index contributed by atoms with van der Waals surface area (Å²) in [4.78, 5) is 0. The van der Waals surface area contributed by atoms with E-state index in [-0.39, 0.29) is 18.3 Å². The second-order valence-electron chi connectivity index (χ2n) is 8.31. The van der Waals surface area contributed by atoms with Gasteiger partial charge in [0, 0.05) is 0 Å². The number of unbranched alkanes of at least 4 members (excludes halogenated alkanes) is 5. The van der Waals surface area contributed by atoms with E-state index in [2.05, 4.69) is 53.7 Å². The summed E-state index contributed by atoms with van der Waals surface area (Å²) < 4.78 is 12.2. The van der Waals surface area contributed by atoms with E-state index >= 15 is 0 Å². The molecule has 1 heterocycles. The molecule has 0 amide bonds. The largest absolute Gasteiger partial charge is 0.486 e. The number of hydrogen-bond acceptors (Lipinski definition) is 2. The smallest absolute Gasteiger partial charge is 0.400 e. The molecule has 0 unspecified atom stereocenters. The molecule has 1 rings (SSSR count). The molecule has 1 aliphatic rings. The molecule has 1 fully saturated rings. The molecule has 0 N–H and O–H groups in total.